The fraction of sp³-hybridized carbons (Fsp3) is 0.750. The molecule has 0 heterocycles. The first-order chi connectivity index (χ1) is 6.50. The molecule has 0 radical (unpaired) electrons. The maximum Gasteiger partial charge on any atom is 0.307 e. The van der Waals surface area contributed by atoms with Gasteiger partial charge >= 0.3 is 5.97 Å². The Kier molecular flexibility index (Phi) is 3.73. The third-order valence-electron chi connectivity index (χ3n) is 2.91. The second-order valence-electron chi connectivity index (χ2n) is 4.55. The molecule has 0 spiro atoms. The molecule has 1 rings (SSSR count). The number of ether oxygens (including phenoxy) is 1. The minimum absolute atomic E-state index is 0.201. The molecular weight excluding hydrogens is 176 g/mol. The zero-order valence-corrected chi connectivity index (χ0v) is 9.54. The van der Waals surface area contributed by atoms with Crippen molar-refractivity contribution in [1.82, 2.24) is 0 Å². The monoisotopic (exact) mass is 196 g/mol. The quantitative estimate of drug-likeness (QED) is 0.634. The fourth-order valence-corrected chi connectivity index (χ4v) is 1.87. The van der Waals surface area contributed by atoms with Crippen LogP contribution in [0.15, 0.2) is 11.8 Å². The highest BCUT2D eigenvalue weighted by Gasteiger charge is 2.23. The van der Waals surface area contributed by atoms with Crippen LogP contribution in [-0.4, -0.2) is 5.97 Å². The lowest BCUT2D eigenvalue weighted by Gasteiger charge is -2.27. The maximum atomic E-state index is 10.9. The first-order valence-electron chi connectivity index (χ1n) is 5.40. The molecule has 0 aliphatic heterocycles. The number of esters is 1. The lowest BCUT2D eigenvalue weighted by Crippen LogP contribution is -2.18. The van der Waals surface area contributed by atoms with Crippen LogP contribution in [-0.2, 0) is 9.53 Å². The second-order valence-corrected chi connectivity index (χ2v) is 4.55. The summed E-state index contributed by atoms with van der Waals surface area (Å²) in [5.74, 6) is 2.28. The zero-order valence-electron chi connectivity index (χ0n) is 9.54. The van der Waals surface area contributed by atoms with Gasteiger partial charge in [-0.1, -0.05) is 20.8 Å². The van der Waals surface area contributed by atoms with Crippen LogP contribution in [0.1, 0.15) is 40.5 Å². The Bertz CT molecular complexity index is 241. The highest BCUT2D eigenvalue weighted by molar-refractivity contribution is 5.67. The normalized spacial score (nSPS) is 27.4. The van der Waals surface area contributed by atoms with Gasteiger partial charge in [0.15, 0.2) is 0 Å². The molecule has 0 saturated heterocycles. The summed E-state index contributed by atoms with van der Waals surface area (Å²) in [5, 5.41) is 0. The van der Waals surface area contributed by atoms with Crippen molar-refractivity contribution in [2.45, 2.75) is 40.5 Å². The van der Waals surface area contributed by atoms with Gasteiger partial charge in [0.1, 0.15) is 5.76 Å². The summed E-state index contributed by atoms with van der Waals surface area (Å²) in [4.78, 5) is 10.9. The Balaban J connectivity index is 2.71. The molecule has 1 aliphatic rings. The molecule has 0 saturated carbocycles. The number of hydrogen-bond acceptors (Lipinski definition) is 2. The number of carbonyl (C=O) groups excluding carboxylic acids is 1. The lowest BCUT2D eigenvalue weighted by atomic mass is 9.82. The van der Waals surface area contributed by atoms with Gasteiger partial charge in [0.2, 0.25) is 0 Å². The highest BCUT2D eigenvalue weighted by Crippen LogP contribution is 2.32. The first-order valence-corrected chi connectivity index (χ1v) is 5.40. The van der Waals surface area contributed by atoms with Crippen molar-refractivity contribution >= 4 is 5.97 Å². The van der Waals surface area contributed by atoms with Crippen LogP contribution in [0.3, 0.4) is 0 Å². The van der Waals surface area contributed by atoms with E-state index in [-0.39, 0.29) is 5.97 Å². The summed E-state index contributed by atoms with van der Waals surface area (Å²) in [6.07, 6.45) is 4.48. The van der Waals surface area contributed by atoms with Gasteiger partial charge in [-0.2, -0.15) is 0 Å². The molecule has 0 aromatic carbocycles. The minimum atomic E-state index is -0.201. The van der Waals surface area contributed by atoms with Gasteiger partial charge in [-0.05, 0) is 30.8 Å². The Morgan fingerprint density at radius 3 is 2.64 bits per heavy atom. The molecule has 2 atom stereocenters. The van der Waals surface area contributed by atoms with E-state index in [2.05, 4.69) is 26.8 Å². The number of allylic oxidation sites excluding steroid dienone is 2. The predicted octanol–water partition coefficient (Wildman–Crippen LogP) is 3.14. The van der Waals surface area contributed by atoms with Crippen LogP contribution in [0.2, 0.25) is 0 Å². The third kappa shape index (κ3) is 2.86. The van der Waals surface area contributed by atoms with E-state index in [1.807, 2.05) is 0 Å². The average Bonchev–Trinajstić information content (AvgIpc) is 2.07. The van der Waals surface area contributed by atoms with Crippen LogP contribution >= 0.6 is 0 Å². The molecule has 0 N–H and O–H groups in total. The van der Waals surface area contributed by atoms with Crippen LogP contribution in [0.5, 0.6) is 0 Å². The molecule has 0 bridgehead atoms. The van der Waals surface area contributed by atoms with Crippen LogP contribution in [0.25, 0.3) is 0 Å². The SMILES string of the molecule is CC(=O)OC1=CC(C(C)C)CCC1C. The van der Waals surface area contributed by atoms with Gasteiger partial charge in [-0.15, -0.1) is 0 Å². The summed E-state index contributed by atoms with van der Waals surface area (Å²) >= 11 is 0. The van der Waals surface area contributed by atoms with Crippen molar-refractivity contribution in [2.24, 2.45) is 17.8 Å². The van der Waals surface area contributed by atoms with Gasteiger partial charge in [-0.25, -0.2) is 0 Å². The van der Waals surface area contributed by atoms with Crippen LogP contribution < -0.4 is 0 Å². The van der Waals surface area contributed by atoms with Gasteiger partial charge in [0.05, 0.1) is 0 Å². The highest BCUT2D eigenvalue weighted by atomic mass is 16.5. The van der Waals surface area contributed by atoms with Gasteiger partial charge < -0.3 is 4.74 Å². The topological polar surface area (TPSA) is 26.3 Å². The fourth-order valence-electron chi connectivity index (χ4n) is 1.87. The smallest absolute Gasteiger partial charge is 0.307 e. The average molecular weight is 196 g/mol. The lowest BCUT2D eigenvalue weighted by molar-refractivity contribution is -0.137. The van der Waals surface area contributed by atoms with E-state index in [1.165, 1.54) is 13.3 Å². The molecule has 2 unspecified atom stereocenters. The van der Waals surface area contributed by atoms with E-state index in [9.17, 15) is 4.79 Å². The summed E-state index contributed by atoms with van der Waals surface area (Å²) < 4.78 is 5.21. The molecule has 2 heteroatoms. The summed E-state index contributed by atoms with van der Waals surface area (Å²) in [7, 11) is 0. The van der Waals surface area contributed by atoms with E-state index in [0.717, 1.165) is 12.2 Å². The third-order valence-corrected chi connectivity index (χ3v) is 2.91. The molecule has 0 aromatic rings. The molecular formula is C12H20O2. The van der Waals surface area contributed by atoms with Crippen LogP contribution in [0.4, 0.5) is 0 Å². The van der Waals surface area contributed by atoms with E-state index in [4.69, 9.17) is 4.74 Å². The Labute approximate surface area is 86.3 Å². The maximum absolute atomic E-state index is 10.9. The molecule has 0 fully saturated rings. The minimum Gasteiger partial charge on any atom is -0.431 e. The molecule has 1 aliphatic carbocycles. The predicted molar refractivity (Wildman–Crippen MR) is 56.6 cm³/mol. The molecule has 2 nitrogen and oxygen atoms in total. The Morgan fingerprint density at radius 2 is 2.14 bits per heavy atom. The van der Waals surface area contributed by atoms with Crippen molar-refractivity contribution in [1.29, 1.82) is 0 Å². The zero-order chi connectivity index (χ0) is 10.7. The number of rotatable bonds is 2. The van der Waals surface area contributed by atoms with E-state index >= 15 is 0 Å². The molecule has 80 valence electrons. The second kappa shape index (κ2) is 4.63. The molecule has 14 heavy (non-hydrogen) atoms. The Morgan fingerprint density at radius 1 is 1.50 bits per heavy atom. The Hall–Kier alpha value is -0.790. The van der Waals surface area contributed by atoms with Crippen LogP contribution in [0, 0.1) is 17.8 Å². The van der Waals surface area contributed by atoms with Crippen molar-refractivity contribution < 1.29 is 9.53 Å². The number of hydrogen-bond donors (Lipinski definition) is 0. The molecule has 0 amide bonds. The number of carbonyl (C=O) groups is 1. The van der Waals surface area contributed by atoms with E-state index < -0.39 is 0 Å². The van der Waals surface area contributed by atoms with Gasteiger partial charge in [0.25, 0.3) is 0 Å². The van der Waals surface area contributed by atoms with Gasteiger partial charge in [-0.3, -0.25) is 4.79 Å². The summed E-state index contributed by atoms with van der Waals surface area (Å²) in [6, 6.07) is 0. The summed E-state index contributed by atoms with van der Waals surface area (Å²) in [5.41, 5.74) is 0. The van der Waals surface area contributed by atoms with E-state index in [1.54, 1.807) is 0 Å². The van der Waals surface area contributed by atoms with Gasteiger partial charge in [0, 0.05) is 12.8 Å². The van der Waals surface area contributed by atoms with Crippen molar-refractivity contribution in [3.63, 3.8) is 0 Å². The first kappa shape index (κ1) is 11.3. The standard InChI is InChI=1S/C12H20O2/c1-8(2)11-6-5-9(3)12(7-11)14-10(4)13/h7-9,11H,5-6H2,1-4H3. The van der Waals surface area contributed by atoms with Crippen molar-refractivity contribution in [3.8, 4) is 0 Å². The summed E-state index contributed by atoms with van der Waals surface area (Å²) in [6.45, 7) is 8.00. The molecule has 0 aromatic heterocycles. The van der Waals surface area contributed by atoms with E-state index in [0.29, 0.717) is 17.8 Å². The van der Waals surface area contributed by atoms with Crippen molar-refractivity contribution in [2.75, 3.05) is 0 Å². The van der Waals surface area contributed by atoms with Crippen molar-refractivity contribution in [3.05, 3.63) is 11.8 Å². The largest absolute Gasteiger partial charge is 0.431 e.